The molecule has 1 aliphatic rings. The molecule has 1 aliphatic heterocycles. The van der Waals surface area contributed by atoms with Gasteiger partial charge in [0, 0.05) is 32.2 Å². The molecule has 1 saturated heterocycles. The zero-order valence-electron chi connectivity index (χ0n) is 12.9. The van der Waals surface area contributed by atoms with E-state index in [9.17, 15) is 8.78 Å². The zero-order valence-corrected chi connectivity index (χ0v) is 13.7. The molecule has 0 aromatic heterocycles. The Hall–Kier alpha value is -0.750. The lowest BCUT2D eigenvalue weighted by molar-refractivity contribution is 0.00369. The Labute approximate surface area is 137 Å². The van der Waals surface area contributed by atoms with Crippen molar-refractivity contribution in [2.45, 2.75) is 25.8 Å². The fourth-order valence-corrected chi connectivity index (χ4v) is 2.67. The maximum absolute atomic E-state index is 12.1. The second-order valence-corrected chi connectivity index (χ2v) is 5.32. The first-order valence-electron chi connectivity index (χ1n) is 7.60. The number of aryl methyl sites for hydroxylation is 1. The molecule has 1 aromatic rings. The summed E-state index contributed by atoms with van der Waals surface area (Å²) < 4.78 is 29.1. The fraction of sp³-hybridized carbons (Fsp3) is 0.625. The van der Waals surface area contributed by atoms with Gasteiger partial charge in [0.05, 0.1) is 6.61 Å². The van der Waals surface area contributed by atoms with Crippen LogP contribution in [0.4, 0.5) is 8.78 Å². The Balaban J connectivity index is 0.00000242. The summed E-state index contributed by atoms with van der Waals surface area (Å²) in [6, 6.07) is 8.96. The first-order chi connectivity index (χ1) is 10.2. The largest absolute Gasteiger partial charge is 0.374 e. The molecule has 0 radical (unpaired) electrons. The van der Waals surface area contributed by atoms with Gasteiger partial charge in [-0.25, -0.2) is 8.78 Å². The van der Waals surface area contributed by atoms with Crippen molar-refractivity contribution >= 4 is 12.4 Å². The van der Waals surface area contributed by atoms with Gasteiger partial charge in [0.25, 0.3) is 6.43 Å². The SMILES string of the molecule is CCc1ccc(C2CNCCN2CCOCC(F)F)cc1.Cl. The van der Waals surface area contributed by atoms with Crippen molar-refractivity contribution in [3.63, 3.8) is 0 Å². The third-order valence-corrected chi connectivity index (χ3v) is 3.89. The van der Waals surface area contributed by atoms with Gasteiger partial charge in [-0.2, -0.15) is 0 Å². The standard InChI is InChI=1S/C16H24F2N2O.ClH/c1-2-13-3-5-14(6-4-13)15-11-19-7-8-20(15)9-10-21-12-16(17)18;/h3-6,15-16,19H,2,7-12H2,1H3;1H. The molecule has 2 rings (SSSR count). The minimum Gasteiger partial charge on any atom is -0.374 e. The lowest BCUT2D eigenvalue weighted by atomic mass is 10.0. The molecular formula is C16H25ClF2N2O. The number of hydrogen-bond acceptors (Lipinski definition) is 3. The molecule has 1 N–H and O–H groups in total. The number of piperazine rings is 1. The topological polar surface area (TPSA) is 24.5 Å². The van der Waals surface area contributed by atoms with Gasteiger partial charge in [-0.3, -0.25) is 4.90 Å². The van der Waals surface area contributed by atoms with Gasteiger partial charge < -0.3 is 10.1 Å². The molecule has 1 fully saturated rings. The van der Waals surface area contributed by atoms with Crippen LogP contribution in [-0.2, 0) is 11.2 Å². The highest BCUT2D eigenvalue weighted by atomic mass is 35.5. The quantitative estimate of drug-likeness (QED) is 0.776. The summed E-state index contributed by atoms with van der Waals surface area (Å²) in [6.45, 7) is 5.45. The van der Waals surface area contributed by atoms with E-state index in [1.54, 1.807) is 0 Å². The highest BCUT2D eigenvalue weighted by molar-refractivity contribution is 5.85. The average molecular weight is 335 g/mol. The van der Waals surface area contributed by atoms with Crippen molar-refractivity contribution in [3.8, 4) is 0 Å². The lowest BCUT2D eigenvalue weighted by Gasteiger charge is -2.36. The van der Waals surface area contributed by atoms with Crippen LogP contribution in [0.15, 0.2) is 24.3 Å². The van der Waals surface area contributed by atoms with Crippen LogP contribution in [0.1, 0.15) is 24.1 Å². The van der Waals surface area contributed by atoms with Crippen LogP contribution in [0.2, 0.25) is 0 Å². The van der Waals surface area contributed by atoms with Gasteiger partial charge in [0.1, 0.15) is 6.61 Å². The summed E-state index contributed by atoms with van der Waals surface area (Å²) >= 11 is 0. The maximum Gasteiger partial charge on any atom is 0.261 e. The van der Waals surface area contributed by atoms with Crippen LogP contribution >= 0.6 is 12.4 Å². The summed E-state index contributed by atoms with van der Waals surface area (Å²) in [7, 11) is 0. The predicted molar refractivity (Wildman–Crippen MR) is 87.1 cm³/mol. The van der Waals surface area contributed by atoms with E-state index in [-0.39, 0.29) is 12.4 Å². The predicted octanol–water partition coefficient (Wildman–Crippen LogP) is 2.90. The van der Waals surface area contributed by atoms with Gasteiger partial charge in [0.15, 0.2) is 0 Å². The van der Waals surface area contributed by atoms with E-state index in [2.05, 4.69) is 41.4 Å². The van der Waals surface area contributed by atoms with Crippen LogP contribution < -0.4 is 5.32 Å². The fourth-order valence-electron chi connectivity index (χ4n) is 2.67. The van der Waals surface area contributed by atoms with Crippen molar-refractivity contribution in [1.29, 1.82) is 0 Å². The molecule has 1 atom stereocenters. The molecule has 1 unspecified atom stereocenters. The molecule has 0 aliphatic carbocycles. The van der Waals surface area contributed by atoms with Gasteiger partial charge in [-0.15, -0.1) is 12.4 Å². The summed E-state index contributed by atoms with van der Waals surface area (Å²) in [5.74, 6) is 0. The molecule has 22 heavy (non-hydrogen) atoms. The first-order valence-corrected chi connectivity index (χ1v) is 7.60. The molecule has 0 saturated carbocycles. The van der Waals surface area contributed by atoms with Crippen molar-refractivity contribution in [2.75, 3.05) is 39.4 Å². The van der Waals surface area contributed by atoms with Crippen LogP contribution in [0.5, 0.6) is 0 Å². The number of nitrogens with one attached hydrogen (secondary N) is 1. The normalized spacial score (nSPS) is 19.2. The lowest BCUT2D eigenvalue weighted by Crippen LogP contribution is -2.47. The highest BCUT2D eigenvalue weighted by Crippen LogP contribution is 2.22. The Morgan fingerprint density at radius 1 is 1.32 bits per heavy atom. The number of halogens is 3. The summed E-state index contributed by atoms with van der Waals surface area (Å²) in [6.07, 6.45) is -1.35. The molecule has 0 spiro atoms. The molecule has 1 aromatic carbocycles. The molecule has 0 amide bonds. The van der Waals surface area contributed by atoms with Crippen LogP contribution in [-0.4, -0.2) is 50.7 Å². The zero-order chi connectivity index (χ0) is 15.1. The summed E-state index contributed by atoms with van der Waals surface area (Å²) in [5.41, 5.74) is 2.60. The van der Waals surface area contributed by atoms with E-state index in [0.717, 1.165) is 26.1 Å². The second-order valence-electron chi connectivity index (χ2n) is 5.32. The van der Waals surface area contributed by atoms with E-state index in [0.29, 0.717) is 19.2 Å². The minimum absolute atomic E-state index is 0. The van der Waals surface area contributed by atoms with Crippen LogP contribution in [0.25, 0.3) is 0 Å². The Bertz CT molecular complexity index is 417. The second kappa shape index (κ2) is 10.1. The third kappa shape index (κ3) is 5.80. The average Bonchev–Trinajstić information content (AvgIpc) is 2.52. The van der Waals surface area contributed by atoms with Crippen molar-refractivity contribution < 1.29 is 13.5 Å². The maximum atomic E-state index is 12.1. The van der Waals surface area contributed by atoms with Gasteiger partial charge in [-0.1, -0.05) is 31.2 Å². The minimum atomic E-state index is -2.38. The third-order valence-electron chi connectivity index (χ3n) is 3.89. The molecule has 1 heterocycles. The first kappa shape index (κ1) is 19.3. The van der Waals surface area contributed by atoms with Gasteiger partial charge >= 0.3 is 0 Å². The number of alkyl halides is 2. The monoisotopic (exact) mass is 334 g/mol. The molecule has 6 heteroatoms. The van der Waals surface area contributed by atoms with Crippen LogP contribution in [0.3, 0.4) is 0 Å². The van der Waals surface area contributed by atoms with E-state index < -0.39 is 13.0 Å². The van der Waals surface area contributed by atoms with E-state index in [4.69, 9.17) is 4.74 Å². The molecule has 126 valence electrons. The number of benzene rings is 1. The summed E-state index contributed by atoms with van der Waals surface area (Å²) in [4.78, 5) is 2.31. The molecule has 3 nitrogen and oxygen atoms in total. The molecular weight excluding hydrogens is 310 g/mol. The van der Waals surface area contributed by atoms with Gasteiger partial charge in [0.2, 0.25) is 0 Å². The molecule has 0 bridgehead atoms. The van der Waals surface area contributed by atoms with Gasteiger partial charge in [-0.05, 0) is 17.5 Å². The number of rotatable bonds is 7. The summed E-state index contributed by atoms with van der Waals surface area (Å²) in [5, 5.41) is 3.40. The number of hydrogen-bond donors (Lipinski definition) is 1. The van der Waals surface area contributed by atoms with Crippen molar-refractivity contribution in [2.24, 2.45) is 0 Å². The Morgan fingerprint density at radius 3 is 2.68 bits per heavy atom. The van der Waals surface area contributed by atoms with Crippen molar-refractivity contribution in [3.05, 3.63) is 35.4 Å². The van der Waals surface area contributed by atoms with E-state index in [1.807, 2.05) is 0 Å². The number of ether oxygens (including phenoxy) is 1. The van der Waals surface area contributed by atoms with E-state index in [1.165, 1.54) is 11.1 Å². The van der Waals surface area contributed by atoms with E-state index >= 15 is 0 Å². The number of nitrogens with zero attached hydrogens (tertiary/aromatic N) is 1. The Morgan fingerprint density at radius 2 is 2.05 bits per heavy atom. The smallest absolute Gasteiger partial charge is 0.261 e. The highest BCUT2D eigenvalue weighted by Gasteiger charge is 2.23. The Kier molecular flexibility index (Phi) is 8.86. The van der Waals surface area contributed by atoms with Crippen LogP contribution in [0, 0.1) is 0 Å². The van der Waals surface area contributed by atoms with Crippen molar-refractivity contribution in [1.82, 2.24) is 10.2 Å².